The number of aromatic carboxylic acids is 1. The number of hydrogen-bond acceptors (Lipinski definition) is 4. The van der Waals surface area contributed by atoms with Crippen LogP contribution in [0.25, 0.3) is 0 Å². The molecule has 0 bridgehead atoms. The van der Waals surface area contributed by atoms with Crippen LogP contribution in [0.3, 0.4) is 0 Å². The molecule has 1 heterocycles. The van der Waals surface area contributed by atoms with Crippen LogP contribution in [0, 0.1) is 0 Å². The number of anilines is 1. The maximum atomic E-state index is 11.3. The van der Waals surface area contributed by atoms with E-state index in [1.54, 1.807) is 6.07 Å². The van der Waals surface area contributed by atoms with Crippen molar-refractivity contribution in [3.8, 4) is 0 Å². The van der Waals surface area contributed by atoms with E-state index in [1.807, 2.05) is 12.1 Å². The fourth-order valence-corrected chi connectivity index (χ4v) is 2.69. The second-order valence-corrected chi connectivity index (χ2v) is 5.59. The molecule has 0 saturated carbocycles. The van der Waals surface area contributed by atoms with Gasteiger partial charge in [-0.1, -0.05) is 12.1 Å². The third kappa shape index (κ3) is 3.29. The summed E-state index contributed by atoms with van der Waals surface area (Å²) in [6, 6.07) is 5.89. The molecule has 1 saturated heterocycles. The van der Waals surface area contributed by atoms with Gasteiger partial charge in [-0.25, -0.2) is 4.79 Å². The van der Waals surface area contributed by atoms with E-state index >= 15 is 0 Å². The van der Waals surface area contributed by atoms with Gasteiger partial charge in [0, 0.05) is 44.5 Å². The van der Waals surface area contributed by atoms with Gasteiger partial charge in [-0.05, 0) is 25.5 Å². The average molecular weight is 277 g/mol. The molecule has 0 amide bonds. The highest BCUT2D eigenvalue weighted by Crippen LogP contribution is 2.19. The van der Waals surface area contributed by atoms with Crippen LogP contribution in [0.15, 0.2) is 18.2 Å². The van der Waals surface area contributed by atoms with Crippen LogP contribution in [-0.2, 0) is 6.54 Å². The minimum Gasteiger partial charge on any atom is -0.478 e. The molecule has 20 heavy (non-hydrogen) atoms. The minimum atomic E-state index is -0.945. The molecule has 0 aromatic heterocycles. The molecule has 1 aliphatic heterocycles. The van der Waals surface area contributed by atoms with Gasteiger partial charge in [0.05, 0.1) is 5.56 Å². The summed E-state index contributed by atoms with van der Waals surface area (Å²) in [5.41, 5.74) is 7.18. The quantitative estimate of drug-likeness (QED) is 0.816. The molecular weight excluding hydrogens is 254 g/mol. The third-order valence-corrected chi connectivity index (χ3v) is 3.93. The smallest absolute Gasteiger partial charge is 0.338 e. The monoisotopic (exact) mass is 277 g/mol. The van der Waals surface area contributed by atoms with Crippen LogP contribution in [0.4, 0.5) is 5.69 Å². The van der Waals surface area contributed by atoms with Crippen LogP contribution in [-0.4, -0.2) is 53.1 Å². The van der Waals surface area contributed by atoms with Crippen LogP contribution >= 0.6 is 0 Å². The highest BCUT2D eigenvalue weighted by molar-refractivity contribution is 5.95. The van der Waals surface area contributed by atoms with Crippen molar-refractivity contribution in [1.82, 2.24) is 9.80 Å². The molecule has 0 aliphatic carbocycles. The summed E-state index contributed by atoms with van der Waals surface area (Å²) in [6.07, 6.45) is 0. The first-order valence-corrected chi connectivity index (χ1v) is 7.06. The van der Waals surface area contributed by atoms with Crippen LogP contribution < -0.4 is 5.73 Å². The molecule has 1 aliphatic rings. The molecule has 0 spiro atoms. The summed E-state index contributed by atoms with van der Waals surface area (Å²) in [5, 5.41) is 9.28. The number of nitrogens with zero attached hydrogens (tertiary/aromatic N) is 2. The lowest BCUT2D eigenvalue weighted by Gasteiger charge is -2.37. The first-order valence-electron chi connectivity index (χ1n) is 7.06. The molecule has 3 N–H and O–H groups in total. The van der Waals surface area contributed by atoms with Gasteiger partial charge >= 0.3 is 5.97 Å². The van der Waals surface area contributed by atoms with E-state index in [0.717, 1.165) is 31.7 Å². The van der Waals surface area contributed by atoms with Gasteiger partial charge in [0.25, 0.3) is 0 Å². The summed E-state index contributed by atoms with van der Waals surface area (Å²) in [5.74, 6) is -0.945. The number of carbonyl (C=O) groups is 1. The molecular formula is C15H23N3O2. The number of carboxylic acid groups (broad SMARTS) is 1. The Kier molecular flexibility index (Phi) is 4.62. The number of piperazine rings is 1. The molecule has 0 atom stereocenters. The molecule has 0 radical (unpaired) electrons. The Morgan fingerprint density at radius 2 is 1.95 bits per heavy atom. The fourth-order valence-electron chi connectivity index (χ4n) is 2.69. The van der Waals surface area contributed by atoms with E-state index < -0.39 is 5.97 Å². The normalized spacial score (nSPS) is 17.6. The molecule has 110 valence electrons. The maximum absolute atomic E-state index is 11.3. The molecule has 1 fully saturated rings. The zero-order chi connectivity index (χ0) is 14.7. The van der Waals surface area contributed by atoms with Gasteiger partial charge in [0.1, 0.15) is 0 Å². The zero-order valence-electron chi connectivity index (χ0n) is 12.2. The zero-order valence-corrected chi connectivity index (χ0v) is 12.2. The second kappa shape index (κ2) is 6.24. The first-order chi connectivity index (χ1) is 9.49. The van der Waals surface area contributed by atoms with Crippen molar-refractivity contribution in [2.45, 2.75) is 26.4 Å². The van der Waals surface area contributed by atoms with Crippen molar-refractivity contribution in [3.63, 3.8) is 0 Å². The minimum absolute atomic E-state index is 0.249. The second-order valence-electron chi connectivity index (χ2n) is 5.59. The lowest BCUT2D eigenvalue weighted by atomic mass is 10.0. The van der Waals surface area contributed by atoms with E-state index in [9.17, 15) is 9.90 Å². The number of nitrogens with two attached hydrogens (primary N) is 1. The predicted octanol–water partition coefficient (Wildman–Crippen LogP) is 1.49. The van der Waals surface area contributed by atoms with Crippen molar-refractivity contribution in [2.24, 2.45) is 0 Å². The van der Waals surface area contributed by atoms with Gasteiger partial charge in [0.15, 0.2) is 0 Å². The first kappa shape index (κ1) is 14.8. The van der Waals surface area contributed by atoms with Crippen LogP contribution in [0.2, 0.25) is 0 Å². The summed E-state index contributed by atoms with van der Waals surface area (Å²) in [4.78, 5) is 16.0. The molecule has 0 unspecified atom stereocenters. The Morgan fingerprint density at radius 3 is 2.50 bits per heavy atom. The van der Waals surface area contributed by atoms with Crippen LogP contribution in [0.5, 0.6) is 0 Å². The van der Waals surface area contributed by atoms with E-state index in [4.69, 9.17) is 5.73 Å². The number of benzene rings is 1. The van der Waals surface area contributed by atoms with Gasteiger partial charge in [-0.3, -0.25) is 9.80 Å². The Morgan fingerprint density at radius 1 is 1.30 bits per heavy atom. The van der Waals surface area contributed by atoms with Gasteiger partial charge in [0.2, 0.25) is 0 Å². The van der Waals surface area contributed by atoms with Gasteiger partial charge in [-0.15, -0.1) is 0 Å². The summed E-state index contributed by atoms with van der Waals surface area (Å²) >= 11 is 0. The largest absolute Gasteiger partial charge is 0.478 e. The lowest BCUT2D eigenvalue weighted by Crippen LogP contribution is -2.48. The molecule has 5 heteroatoms. The Labute approximate surface area is 120 Å². The fraction of sp³-hybridized carbons (Fsp3) is 0.533. The molecule has 1 aromatic rings. The van der Waals surface area contributed by atoms with Crippen molar-refractivity contribution in [3.05, 3.63) is 29.3 Å². The van der Waals surface area contributed by atoms with E-state index in [0.29, 0.717) is 18.3 Å². The third-order valence-electron chi connectivity index (χ3n) is 3.93. The number of carboxylic acids is 1. The van der Waals surface area contributed by atoms with Crippen molar-refractivity contribution >= 4 is 11.7 Å². The summed E-state index contributed by atoms with van der Waals surface area (Å²) < 4.78 is 0. The van der Waals surface area contributed by atoms with Crippen LogP contribution in [0.1, 0.15) is 29.8 Å². The van der Waals surface area contributed by atoms with E-state index in [-0.39, 0.29) is 5.56 Å². The Balaban J connectivity index is 2.05. The lowest BCUT2D eigenvalue weighted by molar-refractivity contribution is 0.0693. The number of rotatable bonds is 4. The predicted molar refractivity (Wildman–Crippen MR) is 79.8 cm³/mol. The summed E-state index contributed by atoms with van der Waals surface area (Å²) in [7, 11) is 0. The summed E-state index contributed by atoms with van der Waals surface area (Å²) in [6.45, 7) is 9.05. The highest BCUT2D eigenvalue weighted by atomic mass is 16.4. The number of nitrogen functional groups attached to an aromatic ring is 1. The SMILES string of the molecule is CC(C)N1CCN(Cc2cccc(N)c2C(=O)O)CC1. The van der Waals surface area contributed by atoms with Crippen molar-refractivity contribution < 1.29 is 9.90 Å². The van der Waals surface area contributed by atoms with Gasteiger partial charge < -0.3 is 10.8 Å². The number of hydrogen-bond donors (Lipinski definition) is 2. The average Bonchev–Trinajstić information content (AvgIpc) is 2.39. The molecule has 1 aromatic carbocycles. The Hall–Kier alpha value is -1.59. The van der Waals surface area contributed by atoms with E-state index in [2.05, 4.69) is 23.6 Å². The van der Waals surface area contributed by atoms with Crippen molar-refractivity contribution in [2.75, 3.05) is 31.9 Å². The van der Waals surface area contributed by atoms with Crippen molar-refractivity contribution in [1.29, 1.82) is 0 Å². The topological polar surface area (TPSA) is 69.8 Å². The highest BCUT2D eigenvalue weighted by Gasteiger charge is 2.21. The van der Waals surface area contributed by atoms with E-state index in [1.165, 1.54) is 0 Å². The standard InChI is InChI=1S/C15H23N3O2/c1-11(2)18-8-6-17(7-9-18)10-12-4-3-5-13(16)14(12)15(19)20/h3-5,11H,6-10,16H2,1-2H3,(H,19,20). The van der Waals surface area contributed by atoms with Gasteiger partial charge in [-0.2, -0.15) is 0 Å². The molecule has 5 nitrogen and oxygen atoms in total. The Bertz CT molecular complexity index is 480. The maximum Gasteiger partial charge on any atom is 0.338 e. The molecule has 2 rings (SSSR count).